The van der Waals surface area contributed by atoms with Gasteiger partial charge in [-0.05, 0) is 24.3 Å². The lowest BCUT2D eigenvalue weighted by molar-refractivity contribution is -0.384. The summed E-state index contributed by atoms with van der Waals surface area (Å²) in [6.45, 7) is 0.334. The van der Waals surface area contributed by atoms with Gasteiger partial charge in [0, 0.05) is 33.7 Å². The molecule has 0 saturated heterocycles. The average molecular weight is 440 g/mol. The molecule has 9 nitrogen and oxygen atoms in total. The van der Waals surface area contributed by atoms with E-state index in [2.05, 4.69) is 25.6 Å². The molecule has 0 aliphatic carbocycles. The van der Waals surface area contributed by atoms with Gasteiger partial charge in [0.05, 0.1) is 22.9 Å². The second-order valence-corrected chi connectivity index (χ2v) is 7.41. The number of nitro groups is 1. The number of aromatic nitrogens is 4. The molecule has 0 spiro atoms. The van der Waals surface area contributed by atoms with Crippen LogP contribution in [0.4, 0.5) is 10.8 Å². The smallest absolute Gasteiger partial charge is 0.258 e. The molecule has 0 fully saturated rings. The Balaban J connectivity index is 1.57. The standard InChI is InChI=1S/C19H14ClN7O2S/c20-15-5-1-14(2-6-15)18-10-30-19(23-18)25-24-17(9-26-12-21-11-22-26)13-3-7-16(8-4-13)27(28)29/h1-8,10-12H,9H2,(H,23,25)/b24-17-. The molecule has 0 radical (unpaired) electrons. The Hall–Kier alpha value is -3.63. The minimum Gasteiger partial charge on any atom is -0.258 e. The largest absolute Gasteiger partial charge is 0.269 e. The fraction of sp³-hybridized carbons (Fsp3) is 0.0526. The van der Waals surface area contributed by atoms with Crippen molar-refractivity contribution in [2.24, 2.45) is 5.10 Å². The number of hydrazone groups is 1. The first kappa shape index (κ1) is 19.7. The monoisotopic (exact) mass is 439 g/mol. The Morgan fingerprint density at radius 3 is 2.63 bits per heavy atom. The van der Waals surface area contributed by atoms with Crippen LogP contribution in [0.3, 0.4) is 0 Å². The number of benzene rings is 2. The van der Waals surface area contributed by atoms with Gasteiger partial charge in [0.25, 0.3) is 5.69 Å². The number of non-ortho nitro benzene ring substituents is 1. The van der Waals surface area contributed by atoms with Gasteiger partial charge in [0.2, 0.25) is 5.13 Å². The topological polar surface area (TPSA) is 111 Å². The van der Waals surface area contributed by atoms with Crippen LogP contribution in [0.2, 0.25) is 5.02 Å². The van der Waals surface area contributed by atoms with Crippen molar-refractivity contribution in [3.05, 3.63) is 87.3 Å². The molecule has 30 heavy (non-hydrogen) atoms. The summed E-state index contributed by atoms with van der Waals surface area (Å²) in [7, 11) is 0. The first-order valence-corrected chi connectivity index (χ1v) is 9.95. The van der Waals surface area contributed by atoms with Crippen LogP contribution in [0.25, 0.3) is 11.3 Å². The van der Waals surface area contributed by atoms with E-state index in [1.807, 2.05) is 29.6 Å². The van der Waals surface area contributed by atoms with Crippen LogP contribution >= 0.6 is 22.9 Å². The highest BCUT2D eigenvalue weighted by molar-refractivity contribution is 7.14. The molecule has 1 N–H and O–H groups in total. The minimum atomic E-state index is -0.440. The van der Waals surface area contributed by atoms with E-state index in [4.69, 9.17) is 11.6 Å². The molecule has 2 aromatic carbocycles. The van der Waals surface area contributed by atoms with E-state index in [9.17, 15) is 10.1 Å². The molecular weight excluding hydrogens is 426 g/mol. The summed E-state index contributed by atoms with van der Waals surface area (Å²) < 4.78 is 1.61. The summed E-state index contributed by atoms with van der Waals surface area (Å²) in [6.07, 6.45) is 3.00. The van der Waals surface area contributed by atoms with Gasteiger partial charge in [-0.15, -0.1) is 11.3 Å². The van der Waals surface area contributed by atoms with Gasteiger partial charge in [0.1, 0.15) is 12.7 Å². The molecule has 4 aromatic rings. The lowest BCUT2D eigenvalue weighted by Gasteiger charge is -2.07. The molecule has 0 saturated carbocycles. The van der Waals surface area contributed by atoms with E-state index in [1.54, 1.807) is 23.1 Å². The maximum atomic E-state index is 10.9. The van der Waals surface area contributed by atoms with Crippen molar-refractivity contribution in [2.75, 3.05) is 5.43 Å². The number of nitrogens with one attached hydrogen (secondary N) is 1. The molecule has 0 atom stereocenters. The lowest BCUT2D eigenvalue weighted by atomic mass is 10.1. The summed E-state index contributed by atoms with van der Waals surface area (Å²) in [4.78, 5) is 19.0. The van der Waals surface area contributed by atoms with Crippen molar-refractivity contribution in [2.45, 2.75) is 6.54 Å². The lowest BCUT2D eigenvalue weighted by Crippen LogP contribution is -2.14. The molecule has 0 bridgehead atoms. The zero-order chi connectivity index (χ0) is 20.9. The molecule has 0 unspecified atom stereocenters. The molecular formula is C19H14ClN7O2S. The zero-order valence-corrected chi connectivity index (χ0v) is 16.9. The number of hydrogen-bond acceptors (Lipinski definition) is 8. The van der Waals surface area contributed by atoms with Crippen molar-refractivity contribution in [3.8, 4) is 11.3 Å². The van der Waals surface area contributed by atoms with Crippen LogP contribution in [0.1, 0.15) is 5.56 Å². The van der Waals surface area contributed by atoms with Crippen LogP contribution in [0, 0.1) is 10.1 Å². The van der Waals surface area contributed by atoms with Crippen LogP contribution in [-0.4, -0.2) is 30.4 Å². The first-order chi connectivity index (χ1) is 14.6. The van der Waals surface area contributed by atoms with Crippen molar-refractivity contribution >= 4 is 39.5 Å². The van der Waals surface area contributed by atoms with Gasteiger partial charge in [-0.25, -0.2) is 14.6 Å². The van der Waals surface area contributed by atoms with Gasteiger partial charge in [-0.2, -0.15) is 10.2 Å². The fourth-order valence-corrected chi connectivity index (χ4v) is 3.42. The predicted octanol–water partition coefficient (Wildman–Crippen LogP) is 4.48. The number of nitrogens with zero attached hydrogens (tertiary/aromatic N) is 6. The van der Waals surface area contributed by atoms with Crippen molar-refractivity contribution < 1.29 is 4.92 Å². The Morgan fingerprint density at radius 1 is 1.20 bits per heavy atom. The summed E-state index contributed by atoms with van der Waals surface area (Å²) in [5, 5.41) is 22.7. The van der Waals surface area contributed by atoms with Crippen molar-refractivity contribution in [3.63, 3.8) is 0 Å². The highest BCUT2D eigenvalue weighted by Crippen LogP contribution is 2.26. The highest BCUT2D eigenvalue weighted by atomic mass is 35.5. The van der Waals surface area contributed by atoms with Gasteiger partial charge in [0.15, 0.2) is 0 Å². The highest BCUT2D eigenvalue weighted by Gasteiger charge is 2.11. The van der Waals surface area contributed by atoms with E-state index in [0.717, 1.165) is 16.8 Å². The van der Waals surface area contributed by atoms with Gasteiger partial charge in [-0.3, -0.25) is 15.5 Å². The Bertz CT molecular complexity index is 1170. The van der Waals surface area contributed by atoms with Crippen LogP contribution in [-0.2, 0) is 6.54 Å². The Kier molecular flexibility index (Phi) is 5.77. The predicted molar refractivity (Wildman–Crippen MR) is 116 cm³/mol. The number of hydrogen-bond donors (Lipinski definition) is 1. The third-order valence-electron chi connectivity index (χ3n) is 4.12. The van der Waals surface area contributed by atoms with E-state index >= 15 is 0 Å². The number of anilines is 1. The number of rotatable bonds is 7. The zero-order valence-electron chi connectivity index (χ0n) is 15.3. The third kappa shape index (κ3) is 4.67. The molecule has 4 rings (SSSR count). The van der Waals surface area contributed by atoms with E-state index < -0.39 is 4.92 Å². The van der Waals surface area contributed by atoms with E-state index in [0.29, 0.717) is 22.4 Å². The normalized spacial score (nSPS) is 11.4. The molecule has 11 heteroatoms. The Labute approximate surface area is 179 Å². The third-order valence-corrected chi connectivity index (χ3v) is 5.12. The van der Waals surface area contributed by atoms with Gasteiger partial charge in [-0.1, -0.05) is 23.7 Å². The molecule has 0 amide bonds. The van der Waals surface area contributed by atoms with Gasteiger partial charge < -0.3 is 0 Å². The number of nitro benzene ring substituents is 1. The SMILES string of the molecule is O=[N+]([O-])c1ccc(/C(Cn2cncn2)=N\Nc2nc(-c3ccc(Cl)cc3)cs2)cc1. The molecule has 2 heterocycles. The Morgan fingerprint density at radius 2 is 1.97 bits per heavy atom. The van der Waals surface area contributed by atoms with Gasteiger partial charge >= 0.3 is 0 Å². The maximum Gasteiger partial charge on any atom is 0.269 e. The average Bonchev–Trinajstić information content (AvgIpc) is 3.44. The number of thiazole rings is 1. The summed E-state index contributed by atoms with van der Waals surface area (Å²) in [5.74, 6) is 0. The van der Waals surface area contributed by atoms with Crippen LogP contribution in [0.15, 0.2) is 71.7 Å². The fourth-order valence-electron chi connectivity index (χ4n) is 2.63. The molecule has 150 valence electrons. The first-order valence-electron chi connectivity index (χ1n) is 8.70. The minimum absolute atomic E-state index is 0.0133. The summed E-state index contributed by atoms with van der Waals surface area (Å²) in [5.41, 5.74) is 6.08. The molecule has 2 aromatic heterocycles. The quantitative estimate of drug-likeness (QED) is 0.258. The van der Waals surface area contributed by atoms with E-state index in [1.165, 1.54) is 29.8 Å². The van der Waals surface area contributed by atoms with Crippen molar-refractivity contribution in [1.82, 2.24) is 19.7 Å². The molecule has 0 aliphatic heterocycles. The van der Waals surface area contributed by atoms with Crippen LogP contribution < -0.4 is 5.43 Å². The number of halogens is 1. The second kappa shape index (κ2) is 8.80. The summed E-state index contributed by atoms with van der Waals surface area (Å²) >= 11 is 7.35. The van der Waals surface area contributed by atoms with Crippen LogP contribution in [0.5, 0.6) is 0 Å². The van der Waals surface area contributed by atoms with Crippen molar-refractivity contribution in [1.29, 1.82) is 0 Å². The summed E-state index contributed by atoms with van der Waals surface area (Å²) in [6, 6.07) is 13.6. The second-order valence-electron chi connectivity index (χ2n) is 6.11. The maximum absolute atomic E-state index is 10.9. The van der Waals surface area contributed by atoms with E-state index in [-0.39, 0.29) is 5.69 Å². The molecule has 0 aliphatic rings.